The predicted octanol–water partition coefficient (Wildman–Crippen LogP) is 3.18. The fourth-order valence-corrected chi connectivity index (χ4v) is 3.19. The predicted molar refractivity (Wildman–Crippen MR) is 118 cm³/mol. The number of rotatable bonds is 5. The van der Waals surface area contributed by atoms with Crippen molar-refractivity contribution in [2.75, 3.05) is 5.32 Å². The molecule has 0 unspecified atom stereocenters. The molecule has 0 saturated heterocycles. The van der Waals surface area contributed by atoms with Crippen LogP contribution in [-0.2, 0) is 0 Å². The Bertz CT molecular complexity index is 1570. The van der Waals surface area contributed by atoms with Gasteiger partial charge in [-0.1, -0.05) is 24.3 Å². The average Bonchev–Trinajstić information content (AvgIpc) is 3.53. The lowest BCUT2D eigenvalue weighted by Crippen LogP contribution is -2.13. The summed E-state index contributed by atoms with van der Waals surface area (Å²) in [4.78, 5) is 24.9. The molecule has 0 aliphatic heterocycles. The van der Waals surface area contributed by atoms with E-state index < -0.39 is 11.7 Å². The Morgan fingerprint density at radius 2 is 1.97 bits per heavy atom. The van der Waals surface area contributed by atoms with Gasteiger partial charge in [0, 0.05) is 17.8 Å². The van der Waals surface area contributed by atoms with Gasteiger partial charge in [-0.05, 0) is 17.5 Å². The summed E-state index contributed by atoms with van der Waals surface area (Å²) >= 11 is 0. The van der Waals surface area contributed by atoms with Gasteiger partial charge >= 0.3 is 0 Å². The van der Waals surface area contributed by atoms with Crippen molar-refractivity contribution in [1.82, 2.24) is 34.9 Å². The van der Waals surface area contributed by atoms with E-state index in [0.717, 1.165) is 0 Å². The highest BCUT2D eigenvalue weighted by Gasteiger charge is 2.20. The van der Waals surface area contributed by atoms with Crippen molar-refractivity contribution >= 4 is 34.1 Å². The van der Waals surface area contributed by atoms with E-state index in [2.05, 4.69) is 45.8 Å². The van der Waals surface area contributed by atoms with E-state index in [-0.39, 0.29) is 34.5 Å². The van der Waals surface area contributed by atoms with Crippen molar-refractivity contribution in [2.24, 2.45) is 10.2 Å². The molecule has 5 aromatic rings. The van der Waals surface area contributed by atoms with Gasteiger partial charge < -0.3 is 5.11 Å². The Kier molecular flexibility index (Phi) is 5.13. The summed E-state index contributed by atoms with van der Waals surface area (Å²) < 4.78 is 1.25. The van der Waals surface area contributed by atoms with Crippen LogP contribution in [0.15, 0.2) is 71.5 Å². The van der Waals surface area contributed by atoms with Crippen molar-refractivity contribution in [2.45, 2.75) is 0 Å². The monoisotopic (exact) mass is 451 g/mol. The lowest BCUT2D eigenvalue weighted by atomic mass is 10.0. The lowest BCUT2D eigenvalue weighted by Gasteiger charge is -2.10. The van der Waals surface area contributed by atoms with Gasteiger partial charge in [0.2, 0.25) is 5.95 Å². The first kappa shape index (κ1) is 20.4. The van der Waals surface area contributed by atoms with E-state index in [1.54, 1.807) is 30.3 Å². The third-order valence-corrected chi connectivity index (χ3v) is 4.74. The SMILES string of the molecule is N#Cc1cnn(-c2ncccn2)c1N=Nc1c(O)c(C(=O)Nc2ncn[nH]2)cc2ccccc12. The Balaban J connectivity index is 1.62. The van der Waals surface area contributed by atoms with Crippen molar-refractivity contribution in [3.63, 3.8) is 0 Å². The number of benzene rings is 2. The number of phenolic OH excluding ortho intramolecular Hbond substituents is 1. The smallest absolute Gasteiger partial charge is 0.261 e. The van der Waals surface area contributed by atoms with Gasteiger partial charge in [0.25, 0.3) is 11.9 Å². The molecule has 0 saturated carbocycles. The van der Waals surface area contributed by atoms with E-state index in [1.807, 2.05) is 6.07 Å². The van der Waals surface area contributed by atoms with Crippen LogP contribution in [0.2, 0.25) is 0 Å². The van der Waals surface area contributed by atoms with Gasteiger partial charge in [0.15, 0.2) is 11.6 Å². The number of phenols is 1. The fourth-order valence-electron chi connectivity index (χ4n) is 3.19. The molecule has 0 aliphatic carbocycles. The molecule has 0 bridgehead atoms. The number of nitriles is 1. The van der Waals surface area contributed by atoms with Gasteiger partial charge in [-0.2, -0.15) is 25.1 Å². The number of carbonyl (C=O) groups excluding carboxylic acids is 1. The van der Waals surface area contributed by atoms with Crippen molar-refractivity contribution in [3.8, 4) is 17.8 Å². The van der Waals surface area contributed by atoms with Gasteiger partial charge in [-0.15, -0.1) is 10.2 Å². The van der Waals surface area contributed by atoms with Crippen molar-refractivity contribution in [3.05, 3.63) is 72.4 Å². The Morgan fingerprint density at radius 1 is 1.15 bits per heavy atom. The highest BCUT2D eigenvalue weighted by molar-refractivity contribution is 6.11. The first-order valence-electron chi connectivity index (χ1n) is 9.74. The Labute approximate surface area is 190 Å². The van der Waals surface area contributed by atoms with Crippen molar-refractivity contribution in [1.29, 1.82) is 5.26 Å². The number of amides is 1. The number of fused-ring (bicyclic) bond motifs is 1. The molecule has 0 aliphatic rings. The molecule has 3 N–H and O–H groups in total. The molecule has 1 amide bonds. The summed E-state index contributed by atoms with van der Waals surface area (Å²) in [7, 11) is 0. The maximum Gasteiger partial charge on any atom is 0.261 e. The summed E-state index contributed by atoms with van der Waals surface area (Å²) in [5.74, 6) is -0.663. The van der Waals surface area contributed by atoms with Crippen LogP contribution in [0.3, 0.4) is 0 Å². The molecule has 164 valence electrons. The van der Waals surface area contributed by atoms with Crippen LogP contribution in [0.1, 0.15) is 15.9 Å². The molecule has 34 heavy (non-hydrogen) atoms. The fraction of sp³-hybridized carbons (Fsp3) is 0. The van der Waals surface area contributed by atoms with E-state index in [9.17, 15) is 15.2 Å². The minimum atomic E-state index is -0.628. The number of hydrogen-bond acceptors (Lipinski definition) is 10. The third-order valence-electron chi connectivity index (χ3n) is 4.74. The first-order chi connectivity index (χ1) is 16.7. The highest BCUT2D eigenvalue weighted by Crippen LogP contribution is 2.39. The maximum atomic E-state index is 12.8. The van der Waals surface area contributed by atoms with Gasteiger partial charge in [-0.25, -0.2) is 15.1 Å². The maximum absolute atomic E-state index is 12.8. The van der Waals surface area contributed by atoms with Gasteiger partial charge in [0.05, 0.1) is 11.8 Å². The topological polar surface area (TPSA) is 183 Å². The zero-order chi connectivity index (χ0) is 23.5. The Morgan fingerprint density at radius 3 is 2.74 bits per heavy atom. The molecule has 0 radical (unpaired) electrons. The van der Waals surface area contributed by atoms with Crippen LogP contribution in [0.4, 0.5) is 17.5 Å². The third kappa shape index (κ3) is 3.67. The number of nitrogens with zero attached hydrogens (tertiary/aromatic N) is 9. The van der Waals surface area contributed by atoms with Crippen molar-refractivity contribution < 1.29 is 9.90 Å². The van der Waals surface area contributed by atoms with Crippen LogP contribution >= 0.6 is 0 Å². The molecule has 3 heterocycles. The minimum absolute atomic E-state index is 0.0337. The second-order valence-corrected chi connectivity index (χ2v) is 6.78. The van der Waals surface area contributed by atoms with Crippen LogP contribution in [-0.4, -0.2) is 45.9 Å². The standard InChI is InChI=1S/C21H13N11O2/c22-9-13-10-27-32(21-23-6-3-7-24-21)18(13)30-29-16-14-5-2-1-4-12(14)8-15(17(16)33)19(34)28-20-25-11-26-31-20/h1-8,10-11,33H,(H2,25,26,28,31,34). The second-order valence-electron chi connectivity index (χ2n) is 6.78. The van der Waals surface area contributed by atoms with Crippen LogP contribution < -0.4 is 5.32 Å². The number of aromatic hydroxyl groups is 1. The number of carbonyl (C=O) groups is 1. The highest BCUT2D eigenvalue weighted by atomic mass is 16.3. The van der Waals surface area contributed by atoms with Crippen LogP contribution in [0.5, 0.6) is 5.75 Å². The molecule has 0 atom stereocenters. The number of H-pyrrole nitrogens is 1. The summed E-state index contributed by atoms with van der Waals surface area (Å²) in [6, 6.07) is 12.2. The number of hydrogen-bond donors (Lipinski definition) is 3. The summed E-state index contributed by atoms with van der Waals surface area (Å²) in [6.07, 6.45) is 5.59. The van der Waals surface area contributed by atoms with E-state index in [4.69, 9.17) is 0 Å². The van der Waals surface area contributed by atoms with E-state index in [0.29, 0.717) is 10.8 Å². The minimum Gasteiger partial charge on any atom is -0.505 e. The van der Waals surface area contributed by atoms with Gasteiger partial charge in [0.1, 0.15) is 23.6 Å². The quantitative estimate of drug-likeness (QED) is 0.340. The Hall–Kier alpha value is -5.51. The van der Waals surface area contributed by atoms with Gasteiger partial charge in [-0.3, -0.25) is 10.1 Å². The van der Waals surface area contributed by atoms with Crippen LogP contribution in [0, 0.1) is 11.3 Å². The molecule has 0 fully saturated rings. The lowest BCUT2D eigenvalue weighted by molar-refractivity contribution is 0.102. The molecule has 0 spiro atoms. The second kappa shape index (κ2) is 8.55. The number of anilines is 1. The number of aromatic amines is 1. The normalized spacial score (nSPS) is 11.0. The molecule has 5 rings (SSSR count). The molecule has 3 aromatic heterocycles. The molecular weight excluding hydrogens is 438 g/mol. The largest absolute Gasteiger partial charge is 0.505 e. The van der Waals surface area contributed by atoms with E-state index >= 15 is 0 Å². The number of aromatic nitrogens is 7. The summed E-state index contributed by atoms with van der Waals surface area (Å²) in [5.41, 5.74) is 0.107. The zero-order valence-corrected chi connectivity index (χ0v) is 17.2. The first-order valence-corrected chi connectivity index (χ1v) is 9.74. The summed E-state index contributed by atoms with van der Waals surface area (Å²) in [5, 5.41) is 42.8. The van der Waals surface area contributed by atoms with Crippen LogP contribution in [0.25, 0.3) is 16.7 Å². The molecule has 2 aromatic carbocycles. The average molecular weight is 451 g/mol. The van der Waals surface area contributed by atoms with E-state index in [1.165, 1.54) is 35.7 Å². The zero-order valence-electron chi connectivity index (χ0n) is 17.2. The molecular formula is C21H13N11O2. The summed E-state index contributed by atoms with van der Waals surface area (Å²) in [6.45, 7) is 0. The molecule has 13 heteroatoms. The molecule has 13 nitrogen and oxygen atoms in total. The number of nitrogens with one attached hydrogen (secondary N) is 2. The number of azo groups is 1.